The van der Waals surface area contributed by atoms with E-state index < -0.39 is 6.43 Å². The van der Waals surface area contributed by atoms with Crippen molar-refractivity contribution in [3.63, 3.8) is 0 Å². The molecule has 1 aromatic rings. The Hall–Kier alpha value is -1.03. The molecule has 1 heterocycles. The standard InChI is InChI=1S/C8H6ClF2NO/c9-1-5-2-12-3-6(4-13)7(5)8(10)11/h2-4,8H,1H2. The lowest BCUT2D eigenvalue weighted by molar-refractivity contribution is 0.110. The zero-order valence-corrected chi connectivity index (χ0v) is 7.26. The van der Waals surface area contributed by atoms with E-state index in [0.717, 1.165) is 6.20 Å². The maximum atomic E-state index is 12.4. The fourth-order valence-electron chi connectivity index (χ4n) is 0.999. The fourth-order valence-corrected chi connectivity index (χ4v) is 1.21. The Morgan fingerprint density at radius 3 is 2.69 bits per heavy atom. The van der Waals surface area contributed by atoms with Crippen LogP contribution in [0.15, 0.2) is 12.4 Å². The summed E-state index contributed by atoms with van der Waals surface area (Å²) in [5.41, 5.74) is -0.227. The van der Waals surface area contributed by atoms with Crippen LogP contribution in [-0.2, 0) is 5.88 Å². The molecule has 1 rings (SSSR count). The lowest BCUT2D eigenvalue weighted by Crippen LogP contribution is -1.99. The number of carbonyl (C=O) groups is 1. The maximum absolute atomic E-state index is 12.4. The van der Waals surface area contributed by atoms with Gasteiger partial charge in [-0.1, -0.05) is 0 Å². The van der Waals surface area contributed by atoms with Gasteiger partial charge in [0.05, 0.1) is 0 Å². The van der Waals surface area contributed by atoms with Crippen molar-refractivity contribution < 1.29 is 13.6 Å². The Morgan fingerprint density at radius 1 is 1.54 bits per heavy atom. The lowest BCUT2D eigenvalue weighted by Gasteiger charge is -2.07. The highest BCUT2D eigenvalue weighted by atomic mass is 35.5. The van der Waals surface area contributed by atoms with Crippen molar-refractivity contribution in [1.82, 2.24) is 4.98 Å². The van der Waals surface area contributed by atoms with Gasteiger partial charge in [-0.15, -0.1) is 11.6 Å². The summed E-state index contributed by atoms with van der Waals surface area (Å²) < 4.78 is 24.8. The summed E-state index contributed by atoms with van der Waals surface area (Å²) in [6.45, 7) is 0. The first-order chi connectivity index (χ1) is 6.20. The van der Waals surface area contributed by atoms with Crippen LogP contribution < -0.4 is 0 Å². The third-order valence-electron chi connectivity index (χ3n) is 1.59. The van der Waals surface area contributed by atoms with Gasteiger partial charge < -0.3 is 0 Å². The first-order valence-corrected chi connectivity index (χ1v) is 4.00. The van der Waals surface area contributed by atoms with Gasteiger partial charge in [0.1, 0.15) is 0 Å². The van der Waals surface area contributed by atoms with Crippen molar-refractivity contribution in [3.05, 3.63) is 29.1 Å². The van der Waals surface area contributed by atoms with Crippen LogP contribution in [0.5, 0.6) is 0 Å². The molecule has 0 spiro atoms. The minimum atomic E-state index is -2.70. The van der Waals surface area contributed by atoms with Crippen LogP contribution in [0.4, 0.5) is 8.78 Å². The molecule has 0 saturated heterocycles. The van der Waals surface area contributed by atoms with Crippen LogP contribution in [0.2, 0.25) is 0 Å². The molecule has 0 N–H and O–H groups in total. The smallest absolute Gasteiger partial charge is 0.264 e. The van der Waals surface area contributed by atoms with E-state index >= 15 is 0 Å². The number of nitrogens with zero attached hydrogens (tertiary/aromatic N) is 1. The molecule has 13 heavy (non-hydrogen) atoms. The summed E-state index contributed by atoms with van der Waals surface area (Å²) in [7, 11) is 0. The van der Waals surface area contributed by atoms with E-state index in [1.165, 1.54) is 6.20 Å². The number of rotatable bonds is 3. The molecule has 0 unspecified atom stereocenters. The van der Waals surface area contributed by atoms with Gasteiger partial charge >= 0.3 is 0 Å². The predicted molar refractivity (Wildman–Crippen MR) is 44.1 cm³/mol. The topological polar surface area (TPSA) is 30.0 Å². The average Bonchev–Trinajstić information content (AvgIpc) is 2.16. The van der Waals surface area contributed by atoms with Crippen LogP contribution in [0, 0.1) is 0 Å². The summed E-state index contributed by atoms with van der Waals surface area (Å²) in [5, 5.41) is 0. The average molecular weight is 206 g/mol. The van der Waals surface area contributed by atoms with Gasteiger partial charge in [0.25, 0.3) is 6.43 Å². The highest BCUT2D eigenvalue weighted by molar-refractivity contribution is 6.17. The Bertz CT molecular complexity index is 317. The van der Waals surface area contributed by atoms with Crippen molar-refractivity contribution >= 4 is 17.9 Å². The molecule has 0 aliphatic carbocycles. The van der Waals surface area contributed by atoms with Gasteiger partial charge in [-0.25, -0.2) is 8.78 Å². The molecule has 2 nitrogen and oxygen atoms in total. The molecule has 5 heteroatoms. The molecule has 0 atom stereocenters. The third-order valence-corrected chi connectivity index (χ3v) is 1.88. The number of alkyl halides is 3. The molecule has 0 radical (unpaired) electrons. The number of halogens is 3. The SMILES string of the molecule is O=Cc1cncc(CCl)c1C(F)F. The van der Waals surface area contributed by atoms with E-state index in [4.69, 9.17) is 11.6 Å². The van der Waals surface area contributed by atoms with E-state index in [1.54, 1.807) is 0 Å². The summed E-state index contributed by atoms with van der Waals surface area (Å²) in [6.07, 6.45) is -0.00622. The molecular formula is C8H6ClF2NO. The van der Waals surface area contributed by atoms with Gasteiger partial charge in [0.15, 0.2) is 6.29 Å². The molecule has 0 aliphatic rings. The van der Waals surface area contributed by atoms with Gasteiger partial charge in [-0.3, -0.25) is 9.78 Å². The third kappa shape index (κ3) is 2.01. The molecule has 0 aliphatic heterocycles. The highest BCUT2D eigenvalue weighted by Gasteiger charge is 2.17. The second kappa shape index (κ2) is 4.28. The van der Waals surface area contributed by atoms with Crippen LogP contribution >= 0.6 is 11.6 Å². The van der Waals surface area contributed by atoms with Gasteiger partial charge in [0.2, 0.25) is 0 Å². The molecular weight excluding hydrogens is 200 g/mol. The van der Waals surface area contributed by atoms with Crippen molar-refractivity contribution in [2.75, 3.05) is 0 Å². The Morgan fingerprint density at radius 2 is 2.23 bits per heavy atom. The minimum Gasteiger partial charge on any atom is -0.298 e. The van der Waals surface area contributed by atoms with Gasteiger partial charge in [-0.2, -0.15) is 0 Å². The van der Waals surface area contributed by atoms with Crippen molar-refractivity contribution in [2.24, 2.45) is 0 Å². The number of hydrogen-bond acceptors (Lipinski definition) is 2. The van der Waals surface area contributed by atoms with Gasteiger partial charge in [-0.05, 0) is 5.56 Å². The molecule has 70 valence electrons. The Kier molecular flexibility index (Phi) is 3.31. The highest BCUT2D eigenvalue weighted by Crippen LogP contribution is 2.26. The quantitative estimate of drug-likeness (QED) is 0.561. The molecule has 0 aromatic carbocycles. The van der Waals surface area contributed by atoms with Crippen LogP contribution in [0.25, 0.3) is 0 Å². The van der Waals surface area contributed by atoms with Crippen molar-refractivity contribution in [2.45, 2.75) is 12.3 Å². The number of pyridine rings is 1. The van der Waals surface area contributed by atoms with Crippen LogP contribution in [0.1, 0.15) is 27.9 Å². The molecule has 1 aromatic heterocycles. The van der Waals surface area contributed by atoms with Crippen LogP contribution in [-0.4, -0.2) is 11.3 Å². The Labute approximate surface area is 78.5 Å². The zero-order valence-electron chi connectivity index (χ0n) is 6.51. The predicted octanol–water partition coefficient (Wildman–Crippen LogP) is 2.57. The van der Waals surface area contributed by atoms with E-state index in [0.29, 0.717) is 6.29 Å². The molecule has 0 bridgehead atoms. The molecule has 0 amide bonds. The number of carbonyl (C=O) groups excluding carboxylic acids is 1. The van der Waals surface area contributed by atoms with Crippen molar-refractivity contribution in [3.8, 4) is 0 Å². The lowest BCUT2D eigenvalue weighted by atomic mass is 10.1. The monoisotopic (exact) mass is 205 g/mol. The Balaban J connectivity index is 3.29. The van der Waals surface area contributed by atoms with Crippen molar-refractivity contribution in [1.29, 1.82) is 0 Å². The number of aromatic nitrogens is 1. The molecule has 0 fully saturated rings. The first kappa shape index (κ1) is 10.1. The largest absolute Gasteiger partial charge is 0.298 e. The van der Waals surface area contributed by atoms with E-state index in [-0.39, 0.29) is 22.6 Å². The van der Waals surface area contributed by atoms with E-state index in [1.807, 2.05) is 0 Å². The summed E-state index contributed by atoms with van der Waals surface area (Å²) in [6, 6.07) is 0. The summed E-state index contributed by atoms with van der Waals surface area (Å²) in [4.78, 5) is 14.0. The van der Waals surface area contributed by atoms with E-state index in [2.05, 4.69) is 4.98 Å². The number of hydrogen-bond donors (Lipinski definition) is 0. The second-order valence-corrected chi connectivity index (χ2v) is 2.62. The zero-order chi connectivity index (χ0) is 9.84. The molecule has 0 saturated carbocycles. The summed E-state index contributed by atoms with van der Waals surface area (Å²) in [5.74, 6) is -0.0750. The maximum Gasteiger partial charge on any atom is 0.264 e. The fraction of sp³-hybridized carbons (Fsp3) is 0.250. The summed E-state index contributed by atoms with van der Waals surface area (Å²) >= 11 is 5.42. The normalized spacial score (nSPS) is 10.5. The van der Waals surface area contributed by atoms with Crippen LogP contribution in [0.3, 0.4) is 0 Å². The number of aldehydes is 1. The second-order valence-electron chi connectivity index (χ2n) is 2.35. The first-order valence-electron chi connectivity index (χ1n) is 3.46. The minimum absolute atomic E-state index is 0.0750. The van der Waals surface area contributed by atoms with Gasteiger partial charge in [0, 0.05) is 29.4 Å². The van der Waals surface area contributed by atoms with E-state index in [9.17, 15) is 13.6 Å².